The standard InChI is InChI=1S/C32H51N3O5/c1-5-19-33(20-6-2)28(37)25-26-29(38)35(22-13-8-9-14-23-36)27(32(26)18-17-31(25,4)40-32)30(39)34(21-7-3)24-15-11-10-12-16-24/h5,7,24-27,36H,1,3,6,8-23H2,2,4H3/t25-,26-,27?,31+,32?/m0/s1. The molecule has 3 saturated heterocycles. The van der Waals surface area contributed by atoms with Crippen molar-refractivity contribution in [2.75, 3.05) is 32.8 Å². The summed E-state index contributed by atoms with van der Waals surface area (Å²) in [5, 5.41) is 9.19. The number of hydrogen-bond acceptors (Lipinski definition) is 5. The minimum atomic E-state index is -0.992. The van der Waals surface area contributed by atoms with Crippen molar-refractivity contribution in [3.8, 4) is 0 Å². The highest BCUT2D eigenvalue weighted by atomic mass is 16.5. The lowest BCUT2D eigenvalue weighted by molar-refractivity contribution is -0.155. The number of hydrogen-bond donors (Lipinski definition) is 1. The van der Waals surface area contributed by atoms with E-state index in [9.17, 15) is 19.5 Å². The Morgan fingerprint density at radius 3 is 2.40 bits per heavy atom. The Morgan fingerprint density at radius 1 is 1.05 bits per heavy atom. The zero-order valence-electron chi connectivity index (χ0n) is 24.8. The second-order valence-electron chi connectivity index (χ2n) is 12.5. The minimum Gasteiger partial charge on any atom is -0.396 e. The SMILES string of the molecule is C=CCN(CCC)C(=O)[C@@H]1[C@H]2C(=O)N(CCCCCCO)C(C(=O)N(CC=C)C3CCCCC3)C23CC[C@@]1(C)O3. The van der Waals surface area contributed by atoms with Crippen molar-refractivity contribution in [1.29, 1.82) is 0 Å². The van der Waals surface area contributed by atoms with Crippen molar-refractivity contribution in [3.05, 3.63) is 25.3 Å². The minimum absolute atomic E-state index is 0.0492. The molecule has 4 rings (SSSR count). The fourth-order valence-electron chi connectivity index (χ4n) is 8.09. The number of unbranched alkanes of at least 4 members (excludes halogenated alkanes) is 3. The molecule has 3 aliphatic heterocycles. The molecule has 1 saturated carbocycles. The normalized spacial score (nSPS) is 31.3. The highest BCUT2D eigenvalue weighted by molar-refractivity contribution is 5.99. The first-order valence-electron chi connectivity index (χ1n) is 15.7. The van der Waals surface area contributed by atoms with Gasteiger partial charge in [-0.1, -0.05) is 51.2 Å². The molecule has 4 aliphatic rings. The number of aliphatic hydroxyl groups is 1. The number of carbonyl (C=O) groups excluding carboxylic acids is 3. The van der Waals surface area contributed by atoms with E-state index in [1.165, 1.54) is 6.42 Å². The molecule has 5 atom stereocenters. The molecule has 0 aromatic carbocycles. The van der Waals surface area contributed by atoms with Crippen molar-refractivity contribution >= 4 is 17.7 Å². The Hall–Kier alpha value is -2.19. The lowest BCUT2D eigenvalue weighted by atomic mass is 9.66. The number of carbonyl (C=O) groups is 3. The molecule has 2 bridgehead atoms. The van der Waals surface area contributed by atoms with Crippen molar-refractivity contribution in [2.45, 2.75) is 114 Å². The summed E-state index contributed by atoms with van der Waals surface area (Å²) in [6.45, 7) is 13.9. The first kappa shape index (κ1) is 30.8. The van der Waals surface area contributed by atoms with Crippen LogP contribution in [0.15, 0.2) is 25.3 Å². The number of ether oxygens (including phenoxy) is 1. The third-order valence-electron chi connectivity index (χ3n) is 9.86. The molecule has 4 fully saturated rings. The fourth-order valence-corrected chi connectivity index (χ4v) is 8.09. The van der Waals surface area contributed by atoms with Gasteiger partial charge in [-0.2, -0.15) is 0 Å². The molecule has 8 nitrogen and oxygen atoms in total. The quantitative estimate of drug-likeness (QED) is 0.242. The Kier molecular flexibility index (Phi) is 10.1. The topological polar surface area (TPSA) is 90.4 Å². The van der Waals surface area contributed by atoms with Crippen LogP contribution in [0.25, 0.3) is 0 Å². The van der Waals surface area contributed by atoms with E-state index in [-0.39, 0.29) is 30.4 Å². The zero-order valence-corrected chi connectivity index (χ0v) is 24.8. The van der Waals surface area contributed by atoms with E-state index in [1.54, 1.807) is 22.0 Å². The predicted molar refractivity (Wildman–Crippen MR) is 155 cm³/mol. The van der Waals surface area contributed by atoms with Crippen LogP contribution in [-0.2, 0) is 19.1 Å². The third kappa shape index (κ3) is 5.50. The van der Waals surface area contributed by atoms with Gasteiger partial charge < -0.3 is 24.5 Å². The van der Waals surface area contributed by atoms with Gasteiger partial charge in [-0.15, -0.1) is 13.2 Å². The fraction of sp³-hybridized carbons (Fsp3) is 0.781. The number of fused-ring (bicyclic) bond motifs is 1. The van der Waals surface area contributed by atoms with E-state index in [1.807, 2.05) is 18.7 Å². The summed E-state index contributed by atoms with van der Waals surface area (Å²) in [6.07, 6.45) is 14.1. The maximum atomic E-state index is 14.6. The van der Waals surface area contributed by atoms with Crippen LogP contribution in [-0.4, -0.2) is 93.6 Å². The van der Waals surface area contributed by atoms with Crippen LogP contribution in [0.3, 0.4) is 0 Å². The number of likely N-dealkylation sites (tertiary alicyclic amines) is 1. The van der Waals surface area contributed by atoms with Crippen LogP contribution in [0.2, 0.25) is 0 Å². The second kappa shape index (κ2) is 13.2. The van der Waals surface area contributed by atoms with Crippen LogP contribution in [0, 0.1) is 11.8 Å². The highest BCUT2D eigenvalue weighted by Gasteiger charge is 2.78. The lowest BCUT2D eigenvalue weighted by Gasteiger charge is -2.40. The molecule has 8 heteroatoms. The summed E-state index contributed by atoms with van der Waals surface area (Å²) >= 11 is 0. The van der Waals surface area contributed by atoms with Gasteiger partial charge in [-0.3, -0.25) is 14.4 Å². The molecular formula is C32H51N3O5. The van der Waals surface area contributed by atoms with Crippen LogP contribution >= 0.6 is 0 Å². The van der Waals surface area contributed by atoms with Crippen LogP contribution < -0.4 is 0 Å². The second-order valence-corrected chi connectivity index (χ2v) is 12.5. The monoisotopic (exact) mass is 557 g/mol. The van der Waals surface area contributed by atoms with Crippen LogP contribution in [0.4, 0.5) is 0 Å². The average Bonchev–Trinajstić information content (AvgIpc) is 3.52. The number of nitrogens with zero attached hydrogens (tertiary/aromatic N) is 3. The Morgan fingerprint density at radius 2 is 1.75 bits per heavy atom. The molecule has 0 aromatic rings. The molecule has 224 valence electrons. The van der Waals surface area contributed by atoms with Gasteiger partial charge in [0.1, 0.15) is 11.6 Å². The molecule has 1 aliphatic carbocycles. The smallest absolute Gasteiger partial charge is 0.248 e. The average molecular weight is 558 g/mol. The van der Waals surface area contributed by atoms with E-state index in [2.05, 4.69) is 13.2 Å². The number of rotatable bonds is 15. The number of aliphatic hydroxyl groups excluding tert-OH is 1. The molecule has 2 unspecified atom stereocenters. The van der Waals surface area contributed by atoms with Gasteiger partial charge in [0, 0.05) is 38.8 Å². The largest absolute Gasteiger partial charge is 0.396 e. The summed E-state index contributed by atoms with van der Waals surface area (Å²) in [7, 11) is 0. The predicted octanol–water partition coefficient (Wildman–Crippen LogP) is 4.08. The van der Waals surface area contributed by atoms with E-state index >= 15 is 0 Å². The van der Waals surface area contributed by atoms with Crippen molar-refractivity contribution in [2.24, 2.45) is 11.8 Å². The van der Waals surface area contributed by atoms with Crippen molar-refractivity contribution in [1.82, 2.24) is 14.7 Å². The summed E-state index contributed by atoms with van der Waals surface area (Å²) in [6, 6.07) is -0.598. The van der Waals surface area contributed by atoms with E-state index in [4.69, 9.17) is 4.74 Å². The summed E-state index contributed by atoms with van der Waals surface area (Å²) in [5.41, 5.74) is -1.76. The Labute approximate surface area is 240 Å². The Balaban J connectivity index is 1.70. The lowest BCUT2D eigenvalue weighted by Crippen LogP contribution is -2.58. The summed E-state index contributed by atoms with van der Waals surface area (Å²) < 4.78 is 6.86. The van der Waals surface area contributed by atoms with E-state index in [0.29, 0.717) is 39.0 Å². The van der Waals surface area contributed by atoms with Gasteiger partial charge in [0.2, 0.25) is 17.7 Å². The molecule has 0 radical (unpaired) electrons. The van der Waals surface area contributed by atoms with Crippen LogP contribution in [0.5, 0.6) is 0 Å². The van der Waals surface area contributed by atoms with E-state index in [0.717, 1.165) is 57.8 Å². The van der Waals surface area contributed by atoms with Crippen molar-refractivity contribution < 1.29 is 24.2 Å². The molecule has 1 spiro atoms. The van der Waals surface area contributed by atoms with Gasteiger partial charge in [0.15, 0.2) is 0 Å². The van der Waals surface area contributed by atoms with Crippen molar-refractivity contribution in [3.63, 3.8) is 0 Å². The first-order chi connectivity index (χ1) is 19.3. The molecule has 3 amide bonds. The van der Waals surface area contributed by atoms with Gasteiger partial charge >= 0.3 is 0 Å². The van der Waals surface area contributed by atoms with E-state index < -0.39 is 29.1 Å². The van der Waals surface area contributed by atoms with Gasteiger partial charge in [0.05, 0.1) is 17.4 Å². The van der Waals surface area contributed by atoms with Crippen LogP contribution in [0.1, 0.15) is 90.9 Å². The van der Waals surface area contributed by atoms with Gasteiger partial charge in [-0.25, -0.2) is 0 Å². The molecular weight excluding hydrogens is 506 g/mol. The maximum Gasteiger partial charge on any atom is 0.248 e. The first-order valence-corrected chi connectivity index (χ1v) is 15.7. The molecule has 0 aromatic heterocycles. The molecule has 1 N–H and O–H groups in total. The zero-order chi connectivity index (χ0) is 28.9. The molecule has 3 heterocycles. The summed E-state index contributed by atoms with van der Waals surface area (Å²) in [4.78, 5) is 48.6. The third-order valence-corrected chi connectivity index (χ3v) is 9.86. The maximum absolute atomic E-state index is 14.6. The Bertz CT molecular complexity index is 949. The summed E-state index contributed by atoms with van der Waals surface area (Å²) in [5.74, 6) is -1.49. The van der Waals surface area contributed by atoms with Gasteiger partial charge in [-0.05, 0) is 51.9 Å². The highest BCUT2D eigenvalue weighted by Crippen LogP contribution is 2.63. The number of amides is 3. The van der Waals surface area contributed by atoms with Gasteiger partial charge in [0.25, 0.3) is 0 Å². The molecule has 40 heavy (non-hydrogen) atoms.